The van der Waals surface area contributed by atoms with E-state index in [1.54, 1.807) is 11.8 Å². The normalized spacial score (nSPS) is 10.6. The Balaban J connectivity index is 2.21. The number of thioether (sulfide) groups is 1. The number of rotatable bonds is 6. The minimum atomic E-state index is 0.0948. The Hall–Kier alpha value is -1.00. The van der Waals surface area contributed by atoms with Gasteiger partial charge in [-0.3, -0.25) is 4.79 Å². The fourth-order valence-electron chi connectivity index (χ4n) is 1.25. The van der Waals surface area contributed by atoms with Gasteiger partial charge < -0.3 is 10.2 Å². The van der Waals surface area contributed by atoms with Crippen molar-refractivity contribution in [2.75, 3.05) is 32.9 Å². The minimum Gasteiger partial charge on any atom is -0.354 e. The van der Waals surface area contributed by atoms with E-state index in [9.17, 15) is 4.79 Å². The first-order chi connectivity index (χ1) is 8.08. The predicted octanol–water partition coefficient (Wildman–Crippen LogP) is 1.76. The summed E-state index contributed by atoms with van der Waals surface area (Å²) in [6, 6.07) is 8.22. The van der Waals surface area contributed by atoms with E-state index >= 15 is 0 Å². The van der Waals surface area contributed by atoms with Crippen molar-refractivity contribution in [2.24, 2.45) is 0 Å². The van der Waals surface area contributed by atoms with Crippen LogP contribution in [0.15, 0.2) is 29.2 Å². The Labute approximate surface area is 108 Å². The Kier molecular flexibility index (Phi) is 6.08. The number of aryl methyl sites for hydroxylation is 1. The molecule has 1 rings (SSSR count). The zero-order valence-corrected chi connectivity index (χ0v) is 11.5. The van der Waals surface area contributed by atoms with E-state index in [2.05, 4.69) is 24.4 Å². The first-order valence-electron chi connectivity index (χ1n) is 5.69. The molecule has 0 aromatic heterocycles. The van der Waals surface area contributed by atoms with E-state index in [0.29, 0.717) is 12.3 Å². The highest BCUT2D eigenvalue weighted by Gasteiger charge is 2.02. The fourth-order valence-corrected chi connectivity index (χ4v) is 1.98. The Morgan fingerprint density at radius 3 is 2.53 bits per heavy atom. The molecule has 17 heavy (non-hydrogen) atoms. The highest BCUT2D eigenvalue weighted by Crippen LogP contribution is 2.17. The van der Waals surface area contributed by atoms with Crippen LogP contribution in [0.2, 0.25) is 0 Å². The predicted molar refractivity (Wildman–Crippen MR) is 73.5 cm³/mol. The van der Waals surface area contributed by atoms with Gasteiger partial charge in [0.1, 0.15) is 0 Å². The van der Waals surface area contributed by atoms with E-state index in [4.69, 9.17) is 0 Å². The largest absolute Gasteiger partial charge is 0.354 e. The second-order valence-electron chi connectivity index (χ2n) is 4.25. The van der Waals surface area contributed by atoms with Gasteiger partial charge in [-0.2, -0.15) is 0 Å². The molecule has 0 fully saturated rings. The first-order valence-corrected chi connectivity index (χ1v) is 6.67. The lowest BCUT2D eigenvalue weighted by atomic mass is 10.2. The lowest BCUT2D eigenvalue weighted by molar-refractivity contribution is -0.118. The van der Waals surface area contributed by atoms with Crippen LogP contribution >= 0.6 is 11.8 Å². The molecule has 94 valence electrons. The smallest absolute Gasteiger partial charge is 0.230 e. The molecule has 0 saturated heterocycles. The average Bonchev–Trinajstić information content (AvgIpc) is 2.28. The maximum atomic E-state index is 11.5. The number of carbonyl (C=O) groups is 1. The van der Waals surface area contributed by atoms with Crippen molar-refractivity contribution in [1.29, 1.82) is 0 Å². The Morgan fingerprint density at radius 1 is 1.29 bits per heavy atom. The number of likely N-dealkylation sites (N-methyl/N-ethyl adjacent to an activating group) is 1. The molecule has 0 atom stereocenters. The number of nitrogens with zero attached hydrogens (tertiary/aromatic N) is 1. The number of hydrogen-bond donors (Lipinski definition) is 1. The standard InChI is InChI=1S/C13H20N2OS/c1-11-4-6-12(7-5-11)17-10-13(16)14-8-9-15(2)3/h4-7H,8-10H2,1-3H3,(H,14,16). The summed E-state index contributed by atoms with van der Waals surface area (Å²) in [6.45, 7) is 3.64. The van der Waals surface area contributed by atoms with Crippen LogP contribution in [0.25, 0.3) is 0 Å². The fraction of sp³-hybridized carbons (Fsp3) is 0.462. The van der Waals surface area contributed by atoms with Crippen molar-refractivity contribution in [1.82, 2.24) is 10.2 Å². The van der Waals surface area contributed by atoms with Gasteiger partial charge in [0, 0.05) is 18.0 Å². The number of nitrogens with one attached hydrogen (secondary N) is 1. The average molecular weight is 252 g/mol. The van der Waals surface area contributed by atoms with Crippen molar-refractivity contribution in [3.63, 3.8) is 0 Å². The molecule has 0 radical (unpaired) electrons. The second-order valence-corrected chi connectivity index (χ2v) is 5.30. The Morgan fingerprint density at radius 2 is 1.94 bits per heavy atom. The third-order valence-electron chi connectivity index (χ3n) is 2.27. The highest BCUT2D eigenvalue weighted by molar-refractivity contribution is 8.00. The van der Waals surface area contributed by atoms with Crippen LogP contribution in [0.5, 0.6) is 0 Å². The SMILES string of the molecule is Cc1ccc(SCC(=O)NCCN(C)C)cc1. The van der Waals surface area contributed by atoms with Crippen molar-refractivity contribution < 1.29 is 4.79 Å². The third-order valence-corrected chi connectivity index (χ3v) is 3.28. The summed E-state index contributed by atoms with van der Waals surface area (Å²) in [5.41, 5.74) is 1.24. The van der Waals surface area contributed by atoms with E-state index < -0.39 is 0 Å². The van der Waals surface area contributed by atoms with Gasteiger partial charge in [0.2, 0.25) is 5.91 Å². The molecule has 0 heterocycles. The van der Waals surface area contributed by atoms with Crippen LogP contribution in [0.3, 0.4) is 0 Å². The summed E-state index contributed by atoms with van der Waals surface area (Å²) in [5.74, 6) is 0.577. The monoisotopic (exact) mass is 252 g/mol. The molecular weight excluding hydrogens is 232 g/mol. The number of amides is 1. The molecule has 0 aliphatic heterocycles. The topological polar surface area (TPSA) is 32.3 Å². The number of carbonyl (C=O) groups excluding carboxylic acids is 1. The summed E-state index contributed by atoms with van der Waals surface area (Å²) in [4.78, 5) is 14.7. The van der Waals surface area contributed by atoms with Gasteiger partial charge in [-0.1, -0.05) is 17.7 Å². The van der Waals surface area contributed by atoms with Crippen LogP contribution in [0, 0.1) is 6.92 Å². The zero-order chi connectivity index (χ0) is 12.7. The molecule has 0 spiro atoms. The van der Waals surface area contributed by atoms with Crippen LogP contribution in [-0.2, 0) is 4.79 Å². The van der Waals surface area contributed by atoms with E-state index in [-0.39, 0.29) is 5.91 Å². The van der Waals surface area contributed by atoms with E-state index in [0.717, 1.165) is 11.4 Å². The Bertz CT molecular complexity index is 349. The summed E-state index contributed by atoms with van der Waals surface area (Å²) >= 11 is 1.57. The van der Waals surface area contributed by atoms with Crippen LogP contribution in [0.1, 0.15) is 5.56 Å². The molecule has 3 nitrogen and oxygen atoms in total. The molecule has 0 aliphatic rings. The molecule has 0 bridgehead atoms. The summed E-state index contributed by atoms with van der Waals surface area (Å²) in [6.07, 6.45) is 0. The van der Waals surface area contributed by atoms with Gasteiger partial charge in [0.05, 0.1) is 5.75 Å². The lowest BCUT2D eigenvalue weighted by Crippen LogP contribution is -2.32. The molecule has 4 heteroatoms. The van der Waals surface area contributed by atoms with Gasteiger partial charge in [-0.05, 0) is 33.2 Å². The van der Waals surface area contributed by atoms with Crippen molar-refractivity contribution in [3.05, 3.63) is 29.8 Å². The molecule has 0 saturated carbocycles. The number of hydrogen-bond acceptors (Lipinski definition) is 3. The molecule has 1 aromatic rings. The minimum absolute atomic E-state index is 0.0948. The van der Waals surface area contributed by atoms with Gasteiger partial charge >= 0.3 is 0 Å². The van der Waals surface area contributed by atoms with E-state index in [1.165, 1.54) is 5.56 Å². The third kappa shape index (κ3) is 6.34. The van der Waals surface area contributed by atoms with Crippen LogP contribution in [-0.4, -0.2) is 43.7 Å². The van der Waals surface area contributed by atoms with Gasteiger partial charge in [0.25, 0.3) is 0 Å². The molecular formula is C13H20N2OS. The van der Waals surface area contributed by atoms with Gasteiger partial charge in [-0.25, -0.2) is 0 Å². The zero-order valence-electron chi connectivity index (χ0n) is 10.7. The molecule has 0 aliphatic carbocycles. The van der Waals surface area contributed by atoms with Crippen molar-refractivity contribution in [3.8, 4) is 0 Å². The van der Waals surface area contributed by atoms with E-state index in [1.807, 2.05) is 31.1 Å². The maximum absolute atomic E-state index is 11.5. The molecule has 1 aromatic carbocycles. The summed E-state index contributed by atoms with van der Waals surface area (Å²) in [7, 11) is 3.99. The molecule has 1 amide bonds. The molecule has 0 unspecified atom stereocenters. The van der Waals surface area contributed by atoms with Crippen molar-refractivity contribution in [2.45, 2.75) is 11.8 Å². The second kappa shape index (κ2) is 7.35. The van der Waals surface area contributed by atoms with Crippen LogP contribution < -0.4 is 5.32 Å². The number of benzene rings is 1. The first kappa shape index (κ1) is 14.1. The van der Waals surface area contributed by atoms with Crippen molar-refractivity contribution >= 4 is 17.7 Å². The maximum Gasteiger partial charge on any atom is 0.230 e. The quantitative estimate of drug-likeness (QED) is 0.783. The summed E-state index contributed by atoms with van der Waals surface area (Å²) in [5, 5.41) is 2.89. The lowest BCUT2D eigenvalue weighted by Gasteiger charge is -2.10. The molecule has 1 N–H and O–H groups in total. The highest BCUT2D eigenvalue weighted by atomic mass is 32.2. The van der Waals surface area contributed by atoms with Crippen LogP contribution in [0.4, 0.5) is 0 Å². The van der Waals surface area contributed by atoms with Gasteiger partial charge in [0.15, 0.2) is 0 Å². The van der Waals surface area contributed by atoms with Gasteiger partial charge in [-0.15, -0.1) is 11.8 Å². The summed E-state index contributed by atoms with van der Waals surface area (Å²) < 4.78 is 0.